The first-order valence-electron chi connectivity index (χ1n) is 33.5. The van der Waals surface area contributed by atoms with Crippen molar-refractivity contribution in [3.8, 4) is 0 Å². The molecule has 1 heterocycles. The number of carboxylic acids is 9. The van der Waals surface area contributed by atoms with Crippen molar-refractivity contribution >= 4 is 109 Å². The monoisotopic (exact) mass is 1480 g/mol. The van der Waals surface area contributed by atoms with Crippen LogP contribution in [-0.2, 0) is 67.1 Å². The van der Waals surface area contributed by atoms with Crippen molar-refractivity contribution in [3.05, 3.63) is 29.8 Å². The maximum Gasteiger partial charge on any atom is 0.326 e. The Kier molecular flexibility index (Phi) is 38.4. The number of hydrogen-bond donors (Lipinski definition) is 17. The van der Waals surface area contributed by atoms with Gasteiger partial charge in [-0.3, -0.25) is 72.3 Å². The highest BCUT2D eigenvalue weighted by Gasteiger charge is 2.56. The van der Waals surface area contributed by atoms with Gasteiger partial charge in [0.15, 0.2) is 0 Å². The van der Waals surface area contributed by atoms with Crippen molar-refractivity contribution in [1.29, 1.82) is 0 Å². The SMILES string of the molecule is CC(C)(C)[Si](F)(c1ccc(C(=O)NC[C@@H](NC(=O)CC[C@H](C(=O)O)N2CCN(CC(=O)O)CCN(CC(=O)O)CCN(CC(=O)O)CC2)C(=O)N[C@@H](CCCCNC(=O)CCC(=O)NCCC[C@H](NC(=O)CC[C@H](NC(=O)N[C@@H](CCCC(=O)O)C(=O)O)C(=O)O)C(=O)O)C(=O)O)cc1)C(C)(C)C. The number of carbonyl (C=O) groups is 16. The van der Waals surface area contributed by atoms with Gasteiger partial charge in [0.05, 0.1) is 19.6 Å². The Bertz CT molecular complexity index is 3070. The molecule has 0 saturated carbocycles. The number of nitrogens with one attached hydrogen (secondary N) is 8. The quantitative estimate of drug-likeness (QED) is 0.0205. The van der Waals surface area contributed by atoms with Crippen molar-refractivity contribution < 1.29 is 127 Å². The smallest absolute Gasteiger partial charge is 0.326 e. The Morgan fingerprint density at radius 3 is 1.22 bits per heavy atom. The van der Waals surface area contributed by atoms with E-state index in [0.29, 0.717) is 5.19 Å². The minimum Gasteiger partial charge on any atom is -0.481 e. The van der Waals surface area contributed by atoms with E-state index in [1.807, 2.05) is 10.6 Å². The van der Waals surface area contributed by atoms with Crippen molar-refractivity contribution in [3.63, 3.8) is 0 Å². The van der Waals surface area contributed by atoms with Gasteiger partial charge in [-0.2, -0.15) is 0 Å². The fourth-order valence-corrected chi connectivity index (χ4v) is 16.2. The first-order chi connectivity index (χ1) is 48.0. The number of rotatable bonds is 44. The molecule has 17 N–H and O–H groups in total. The van der Waals surface area contributed by atoms with Crippen LogP contribution >= 0.6 is 0 Å². The molecule has 0 aromatic heterocycles. The average molecular weight is 1490 g/mol. The van der Waals surface area contributed by atoms with Gasteiger partial charge in [0.2, 0.25) is 29.5 Å². The second-order valence-electron chi connectivity index (χ2n) is 26.9. The molecule has 1 saturated heterocycles. The summed E-state index contributed by atoms with van der Waals surface area (Å²) in [5.41, 5.74) is 0.0386. The van der Waals surface area contributed by atoms with Gasteiger partial charge in [-0.1, -0.05) is 53.7 Å². The zero-order chi connectivity index (χ0) is 78.0. The lowest BCUT2D eigenvalue weighted by atomic mass is 10.1. The molecule has 1 aromatic carbocycles. The summed E-state index contributed by atoms with van der Waals surface area (Å²) in [4.78, 5) is 205. The molecule has 578 valence electrons. The van der Waals surface area contributed by atoms with E-state index in [1.54, 1.807) is 41.5 Å². The lowest BCUT2D eigenvalue weighted by Crippen LogP contribution is -2.58. The molecule has 0 radical (unpaired) electrons. The van der Waals surface area contributed by atoms with Crippen molar-refractivity contribution in [1.82, 2.24) is 62.1 Å². The summed E-state index contributed by atoms with van der Waals surface area (Å²) >= 11 is 0. The molecular weight excluding hydrogens is 1380 g/mol. The van der Waals surface area contributed by atoms with Crippen LogP contribution in [0.1, 0.15) is 142 Å². The van der Waals surface area contributed by atoms with Crippen LogP contribution in [0.4, 0.5) is 8.90 Å². The number of unbranched alkanes of at least 4 members (excludes halogenated alkanes) is 1. The Morgan fingerprint density at radius 1 is 0.408 bits per heavy atom. The highest BCUT2D eigenvalue weighted by Crippen LogP contribution is 2.51. The number of benzene rings is 1. The summed E-state index contributed by atoms with van der Waals surface area (Å²) in [7, 11) is -3.77. The molecule has 37 nitrogen and oxygen atoms in total. The fraction of sp³-hybridized carbons (Fsp3) is 0.656. The minimum absolute atomic E-state index is 0.00248. The molecule has 8 amide bonds. The van der Waals surface area contributed by atoms with Gasteiger partial charge >= 0.3 is 59.8 Å². The summed E-state index contributed by atoms with van der Waals surface area (Å²) < 4.78 is 17.1. The Labute approximate surface area is 594 Å². The van der Waals surface area contributed by atoms with Crippen LogP contribution in [-0.4, -0.2) is 297 Å². The first-order valence-corrected chi connectivity index (χ1v) is 35.4. The van der Waals surface area contributed by atoms with Crippen LogP contribution in [0.15, 0.2) is 24.3 Å². The summed E-state index contributed by atoms with van der Waals surface area (Å²) in [6.07, 6.45) is -3.85. The van der Waals surface area contributed by atoms with Crippen LogP contribution in [0.5, 0.6) is 0 Å². The van der Waals surface area contributed by atoms with Crippen molar-refractivity contribution in [2.45, 2.75) is 178 Å². The maximum absolute atomic E-state index is 17.1. The Hall–Kier alpha value is -9.47. The van der Waals surface area contributed by atoms with Gasteiger partial charge in [0.25, 0.3) is 14.3 Å². The molecule has 39 heteroatoms. The van der Waals surface area contributed by atoms with Gasteiger partial charge < -0.3 is 92.6 Å². The number of nitrogens with zero attached hydrogens (tertiary/aromatic N) is 4. The van der Waals surface area contributed by atoms with Crippen LogP contribution in [0, 0.1) is 0 Å². The second-order valence-corrected chi connectivity index (χ2v) is 31.8. The van der Waals surface area contributed by atoms with E-state index in [-0.39, 0.29) is 129 Å². The molecule has 0 bridgehead atoms. The minimum atomic E-state index is -3.77. The van der Waals surface area contributed by atoms with E-state index >= 15 is 4.11 Å². The highest BCUT2D eigenvalue weighted by atomic mass is 28.4. The highest BCUT2D eigenvalue weighted by molar-refractivity contribution is 6.90. The number of amides is 8. The molecule has 6 atom stereocenters. The van der Waals surface area contributed by atoms with Crippen LogP contribution < -0.4 is 47.7 Å². The van der Waals surface area contributed by atoms with Crippen molar-refractivity contribution in [2.75, 3.05) is 91.6 Å². The van der Waals surface area contributed by atoms with Crippen LogP contribution in [0.25, 0.3) is 0 Å². The topological polar surface area (TPSA) is 564 Å². The summed E-state index contributed by atoms with van der Waals surface area (Å²) in [5, 5.41) is 105. The van der Waals surface area contributed by atoms with Crippen LogP contribution in [0.3, 0.4) is 0 Å². The predicted molar refractivity (Wildman–Crippen MR) is 364 cm³/mol. The third-order valence-electron chi connectivity index (χ3n) is 16.9. The van der Waals surface area contributed by atoms with Gasteiger partial charge in [0, 0.05) is 110 Å². The molecule has 2 rings (SSSR count). The van der Waals surface area contributed by atoms with Gasteiger partial charge in [0.1, 0.15) is 36.3 Å². The first kappa shape index (κ1) is 89.6. The molecule has 1 fully saturated rings. The average Bonchev–Trinajstić information content (AvgIpc) is 0.748. The van der Waals surface area contributed by atoms with E-state index in [1.165, 1.54) is 43.9 Å². The molecule has 0 unspecified atom stereocenters. The Balaban J connectivity index is 2.14. The predicted octanol–water partition coefficient (Wildman–Crippen LogP) is -1.33. The third kappa shape index (κ3) is 33.9. The molecule has 0 aliphatic carbocycles. The van der Waals surface area contributed by atoms with E-state index < -0.39 is 208 Å². The van der Waals surface area contributed by atoms with Gasteiger partial charge in [-0.25, -0.2) is 24.0 Å². The van der Waals surface area contributed by atoms with E-state index in [9.17, 15) is 118 Å². The lowest BCUT2D eigenvalue weighted by Gasteiger charge is -2.44. The summed E-state index contributed by atoms with van der Waals surface area (Å²) in [6, 6.07) is -4.98. The Morgan fingerprint density at radius 2 is 0.796 bits per heavy atom. The molecule has 1 aliphatic rings. The normalized spacial score (nSPS) is 15.6. The number of halogens is 1. The number of carbonyl (C=O) groups excluding carboxylic acids is 7. The van der Waals surface area contributed by atoms with Gasteiger partial charge in [-0.15, -0.1) is 0 Å². The molecule has 0 spiro atoms. The van der Waals surface area contributed by atoms with Gasteiger partial charge in [-0.05, 0) is 85.2 Å². The number of hydrogen-bond acceptors (Lipinski definition) is 20. The summed E-state index contributed by atoms with van der Waals surface area (Å²) in [5.74, 6) is -17.3. The lowest BCUT2D eigenvalue weighted by molar-refractivity contribution is -0.145. The molecular formula is C64H101FN12O25Si. The molecule has 103 heavy (non-hydrogen) atoms. The van der Waals surface area contributed by atoms with E-state index in [0.717, 1.165) is 0 Å². The number of urea groups is 1. The standard InChI is InChI=1S/C64H101FN12O25Si/c1-63(2,3)103(65,64(4,5)6)40-17-15-39(16-18-40)55(90)68-35-45(70-50(81)22-20-46(61(100)101)77-33-31-75(37-53(86)87)29-27-74(36-52(84)85)28-30-76(32-34-77)38-54(88)89)56(91)71-42(58(94)95)11-7-8-25-66-47(78)23-24-48(79)67-26-10-13-41(57(92)93)69-49(80)21-19-44(60(98)99)73-62(102)72-43(59(96)97)12-9-14-51(82)83/h15-18,41-46H,7-14,19-38H2,1-6H3,(H,66,78)(H,67,79)(H,68,90)(H,69,80)(H,70,81)(H,71,91)(H,82,83)(H,84,85)(H,86,87)(H,88,89)(H,92,93)(H,94,95)(H,96,97)(H,98,99)(H,100,101)(H2,72,73,102)/t41-,42-,43-,44-,45+,46+/m0/s1. The number of carboxylic acid groups (broad SMARTS) is 9. The third-order valence-corrected chi connectivity index (χ3v) is 22.1. The van der Waals surface area contributed by atoms with E-state index in [4.69, 9.17) is 5.11 Å². The molecule has 1 aliphatic heterocycles. The fourth-order valence-electron chi connectivity index (χ4n) is 11.6. The maximum atomic E-state index is 17.1. The van der Waals surface area contributed by atoms with Crippen molar-refractivity contribution in [2.24, 2.45) is 0 Å². The number of aliphatic carboxylic acids is 9. The molecule has 1 aromatic rings. The van der Waals surface area contributed by atoms with E-state index in [2.05, 4.69) is 31.9 Å². The zero-order valence-corrected chi connectivity index (χ0v) is 59.8. The largest absolute Gasteiger partial charge is 0.481 e. The van der Waals surface area contributed by atoms with Crippen LogP contribution in [0.2, 0.25) is 10.1 Å². The zero-order valence-electron chi connectivity index (χ0n) is 58.8. The summed E-state index contributed by atoms with van der Waals surface area (Å²) in [6.45, 7) is 8.45. The second kappa shape index (κ2) is 44.1.